The lowest BCUT2D eigenvalue weighted by molar-refractivity contribution is 0.00346. The molecule has 1 aromatic carbocycles. The van der Waals surface area contributed by atoms with Gasteiger partial charge in [-0.1, -0.05) is 44.2 Å². The minimum Gasteiger partial charge on any atom is -0.378 e. The van der Waals surface area contributed by atoms with Gasteiger partial charge in [0.2, 0.25) is 0 Å². The molecule has 2 rings (SSSR count). The lowest BCUT2D eigenvalue weighted by Crippen LogP contribution is -2.43. The maximum atomic E-state index is 5.77. The second-order valence-corrected chi connectivity index (χ2v) is 6.18. The lowest BCUT2D eigenvalue weighted by atomic mass is 10.00. The first-order valence-corrected chi connectivity index (χ1v) is 8.34. The van der Waals surface area contributed by atoms with Gasteiger partial charge in [-0.3, -0.25) is 4.90 Å². The van der Waals surface area contributed by atoms with Crippen LogP contribution in [-0.4, -0.2) is 43.3 Å². The molecule has 1 N–H and O–H groups in total. The molecule has 1 fully saturated rings. The van der Waals surface area contributed by atoms with Crippen molar-refractivity contribution in [3.63, 3.8) is 0 Å². The molecule has 0 bridgehead atoms. The van der Waals surface area contributed by atoms with Gasteiger partial charge in [0.15, 0.2) is 0 Å². The quantitative estimate of drug-likeness (QED) is 0.834. The van der Waals surface area contributed by atoms with Crippen LogP contribution in [0.4, 0.5) is 0 Å². The molecule has 0 aliphatic carbocycles. The monoisotopic (exact) mass is 290 g/mol. The predicted molar refractivity (Wildman–Crippen MR) is 88.5 cm³/mol. The van der Waals surface area contributed by atoms with Gasteiger partial charge in [-0.15, -0.1) is 0 Å². The van der Waals surface area contributed by atoms with E-state index >= 15 is 0 Å². The molecular weight excluding hydrogens is 260 g/mol. The minimum absolute atomic E-state index is 0.459. The van der Waals surface area contributed by atoms with Crippen LogP contribution in [0.25, 0.3) is 0 Å². The first kappa shape index (κ1) is 16.5. The average molecular weight is 290 g/mol. The molecule has 1 aliphatic heterocycles. The highest BCUT2D eigenvalue weighted by atomic mass is 16.5. The summed E-state index contributed by atoms with van der Waals surface area (Å²) in [5.74, 6) is 0. The van der Waals surface area contributed by atoms with E-state index in [9.17, 15) is 0 Å². The number of benzene rings is 1. The number of ether oxygens (including phenoxy) is 1. The number of nitrogens with zero attached hydrogens (tertiary/aromatic N) is 1. The van der Waals surface area contributed by atoms with Gasteiger partial charge in [-0.2, -0.15) is 0 Å². The van der Waals surface area contributed by atoms with Crippen LogP contribution >= 0.6 is 0 Å². The normalized spacial score (nSPS) is 19.0. The highest BCUT2D eigenvalue weighted by molar-refractivity contribution is 5.19. The Morgan fingerprint density at radius 2 is 1.86 bits per heavy atom. The van der Waals surface area contributed by atoms with Gasteiger partial charge in [-0.05, 0) is 25.3 Å². The summed E-state index contributed by atoms with van der Waals surface area (Å²) in [7, 11) is 0. The zero-order valence-corrected chi connectivity index (χ0v) is 13.7. The van der Waals surface area contributed by atoms with Crippen molar-refractivity contribution in [2.45, 2.75) is 51.8 Å². The molecule has 3 nitrogen and oxygen atoms in total. The molecule has 0 aromatic heterocycles. The Morgan fingerprint density at radius 3 is 2.43 bits per heavy atom. The third-order valence-electron chi connectivity index (χ3n) is 4.22. The largest absolute Gasteiger partial charge is 0.378 e. The van der Waals surface area contributed by atoms with Gasteiger partial charge < -0.3 is 10.1 Å². The number of piperidine rings is 1. The molecule has 1 saturated heterocycles. The molecule has 1 aliphatic rings. The molecule has 0 spiro atoms. The summed E-state index contributed by atoms with van der Waals surface area (Å²) in [6.07, 6.45) is 2.76. The summed E-state index contributed by atoms with van der Waals surface area (Å²) in [4.78, 5) is 2.61. The Bertz CT molecular complexity index is 385. The van der Waals surface area contributed by atoms with Crippen molar-refractivity contribution in [2.75, 3.05) is 26.2 Å². The Hall–Kier alpha value is -0.900. The van der Waals surface area contributed by atoms with Crippen LogP contribution in [0, 0.1) is 0 Å². The van der Waals surface area contributed by atoms with Crippen molar-refractivity contribution in [2.24, 2.45) is 0 Å². The highest BCUT2D eigenvalue weighted by Crippen LogP contribution is 2.25. The fourth-order valence-electron chi connectivity index (χ4n) is 3.07. The third kappa shape index (κ3) is 5.10. The van der Waals surface area contributed by atoms with E-state index in [-0.39, 0.29) is 0 Å². The van der Waals surface area contributed by atoms with E-state index in [0.717, 1.165) is 39.1 Å². The number of hydrogen-bond acceptors (Lipinski definition) is 3. The third-order valence-corrected chi connectivity index (χ3v) is 4.22. The smallest absolute Gasteiger partial charge is 0.0599 e. The molecule has 3 heteroatoms. The van der Waals surface area contributed by atoms with E-state index in [1.54, 1.807) is 0 Å². The van der Waals surface area contributed by atoms with E-state index in [4.69, 9.17) is 4.74 Å². The number of hydrogen-bond donors (Lipinski definition) is 1. The Morgan fingerprint density at radius 1 is 1.19 bits per heavy atom. The average Bonchev–Trinajstić information content (AvgIpc) is 2.50. The van der Waals surface area contributed by atoms with Crippen molar-refractivity contribution < 1.29 is 4.74 Å². The van der Waals surface area contributed by atoms with Crippen LogP contribution in [-0.2, 0) is 4.74 Å². The van der Waals surface area contributed by atoms with Crippen LogP contribution in [0.3, 0.4) is 0 Å². The predicted octanol–water partition coefficient (Wildman–Crippen LogP) is 3.23. The molecule has 1 atom stereocenters. The molecule has 0 amide bonds. The van der Waals surface area contributed by atoms with E-state index in [2.05, 4.69) is 61.3 Å². The molecule has 0 radical (unpaired) electrons. The van der Waals surface area contributed by atoms with Gasteiger partial charge in [0.25, 0.3) is 0 Å². The van der Waals surface area contributed by atoms with Crippen LogP contribution in [0.1, 0.15) is 45.2 Å². The summed E-state index contributed by atoms with van der Waals surface area (Å²) in [6, 6.07) is 11.9. The van der Waals surface area contributed by atoms with Crippen LogP contribution in [0.2, 0.25) is 0 Å². The number of nitrogens with one attached hydrogen (secondary N) is 1. The van der Waals surface area contributed by atoms with Gasteiger partial charge in [0.1, 0.15) is 0 Å². The topological polar surface area (TPSA) is 24.5 Å². The SMILES string of the molecule is CCOC1CCN(C(CNC(C)C)c2ccccc2)CC1. The maximum Gasteiger partial charge on any atom is 0.0599 e. The van der Waals surface area contributed by atoms with E-state index < -0.39 is 0 Å². The number of rotatable bonds is 7. The van der Waals surface area contributed by atoms with Gasteiger partial charge >= 0.3 is 0 Å². The summed E-state index contributed by atoms with van der Waals surface area (Å²) < 4.78 is 5.77. The molecule has 118 valence electrons. The molecular formula is C18H30N2O. The summed E-state index contributed by atoms with van der Waals surface area (Å²) in [5, 5.41) is 3.60. The second kappa shape index (κ2) is 8.52. The lowest BCUT2D eigenvalue weighted by Gasteiger charge is -2.38. The Labute approximate surface area is 129 Å². The van der Waals surface area contributed by atoms with E-state index in [0.29, 0.717) is 18.2 Å². The standard InChI is InChI=1S/C18H30N2O/c1-4-21-17-10-12-20(13-11-17)18(14-19-15(2)3)16-8-6-5-7-9-16/h5-9,15,17-19H,4,10-14H2,1-3H3. The molecule has 1 heterocycles. The van der Waals surface area contributed by atoms with Crippen molar-refractivity contribution in [1.29, 1.82) is 0 Å². The van der Waals surface area contributed by atoms with Crippen LogP contribution in [0.15, 0.2) is 30.3 Å². The highest BCUT2D eigenvalue weighted by Gasteiger charge is 2.26. The summed E-state index contributed by atoms with van der Waals surface area (Å²) in [6.45, 7) is 10.6. The van der Waals surface area contributed by atoms with Gasteiger partial charge in [0.05, 0.1) is 6.10 Å². The van der Waals surface area contributed by atoms with E-state index in [1.807, 2.05) is 0 Å². The Balaban J connectivity index is 1.99. The zero-order valence-electron chi connectivity index (χ0n) is 13.7. The van der Waals surface area contributed by atoms with Gasteiger partial charge in [0, 0.05) is 38.3 Å². The van der Waals surface area contributed by atoms with Crippen molar-refractivity contribution >= 4 is 0 Å². The molecule has 1 aromatic rings. The van der Waals surface area contributed by atoms with Crippen LogP contribution < -0.4 is 5.32 Å². The minimum atomic E-state index is 0.459. The number of likely N-dealkylation sites (tertiary alicyclic amines) is 1. The fourth-order valence-corrected chi connectivity index (χ4v) is 3.07. The van der Waals surface area contributed by atoms with E-state index in [1.165, 1.54) is 5.56 Å². The fraction of sp³-hybridized carbons (Fsp3) is 0.667. The second-order valence-electron chi connectivity index (χ2n) is 6.18. The first-order valence-electron chi connectivity index (χ1n) is 8.34. The van der Waals surface area contributed by atoms with Crippen molar-refractivity contribution in [1.82, 2.24) is 10.2 Å². The molecule has 0 saturated carbocycles. The van der Waals surface area contributed by atoms with Crippen molar-refractivity contribution in [3.8, 4) is 0 Å². The maximum absolute atomic E-state index is 5.77. The zero-order chi connectivity index (χ0) is 15.1. The Kier molecular flexibility index (Phi) is 6.68. The molecule has 1 unspecified atom stereocenters. The van der Waals surface area contributed by atoms with Crippen molar-refractivity contribution in [3.05, 3.63) is 35.9 Å². The summed E-state index contributed by atoms with van der Waals surface area (Å²) >= 11 is 0. The first-order chi connectivity index (χ1) is 10.2. The molecule has 21 heavy (non-hydrogen) atoms. The van der Waals surface area contributed by atoms with Crippen LogP contribution in [0.5, 0.6) is 0 Å². The summed E-state index contributed by atoms with van der Waals surface area (Å²) in [5.41, 5.74) is 1.42. The van der Waals surface area contributed by atoms with Gasteiger partial charge in [-0.25, -0.2) is 0 Å².